The van der Waals surface area contributed by atoms with E-state index in [1.165, 1.54) is 0 Å². The summed E-state index contributed by atoms with van der Waals surface area (Å²) >= 11 is 0. The molecule has 3 saturated heterocycles. The number of rotatable bonds is 1. The van der Waals surface area contributed by atoms with Crippen molar-refractivity contribution in [2.45, 2.75) is 33.6 Å². The Bertz CT molecular complexity index is 466. The highest BCUT2D eigenvalue weighted by Crippen LogP contribution is 2.39. The molecule has 5 nitrogen and oxygen atoms in total. The molecule has 0 bridgehead atoms. The van der Waals surface area contributed by atoms with Gasteiger partial charge in [0, 0.05) is 44.7 Å². The molecule has 0 aromatic heterocycles. The number of nitrogens with one attached hydrogen (secondary N) is 1. The lowest BCUT2D eigenvalue weighted by Gasteiger charge is -2.25. The summed E-state index contributed by atoms with van der Waals surface area (Å²) < 4.78 is 0. The van der Waals surface area contributed by atoms with E-state index in [0.29, 0.717) is 12.5 Å². The first-order chi connectivity index (χ1) is 9.87. The average Bonchev–Trinajstić information content (AvgIpc) is 3.09. The molecule has 0 saturated carbocycles. The van der Waals surface area contributed by atoms with E-state index in [4.69, 9.17) is 0 Å². The van der Waals surface area contributed by atoms with E-state index >= 15 is 0 Å². The second-order valence-electron chi connectivity index (χ2n) is 7.81. The predicted octanol–water partition coefficient (Wildman–Crippen LogP) is 0.703. The van der Waals surface area contributed by atoms with Crippen molar-refractivity contribution in [1.29, 1.82) is 0 Å². The first-order valence-electron chi connectivity index (χ1n) is 8.16. The van der Waals surface area contributed by atoms with Gasteiger partial charge in [0.15, 0.2) is 0 Å². The summed E-state index contributed by atoms with van der Waals surface area (Å²) in [6.07, 6.45) is 2.06. The highest BCUT2D eigenvalue weighted by atomic mass is 16.2. The molecule has 21 heavy (non-hydrogen) atoms. The van der Waals surface area contributed by atoms with Crippen LogP contribution in [-0.2, 0) is 9.59 Å². The van der Waals surface area contributed by atoms with Gasteiger partial charge < -0.3 is 15.1 Å². The lowest BCUT2D eigenvalue weighted by Crippen LogP contribution is -2.45. The largest absolute Gasteiger partial charge is 0.334 e. The summed E-state index contributed by atoms with van der Waals surface area (Å²) in [6.45, 7) is 11.4. The van der Waals surface area contributed by atoms with Crippen molar-refractivity contribution in [2.75, 3.05) is 39.3 Å². The highest BCUT2D eigenvalue weighted by molar-refractivity contribution is 6.35. The highest BCUT2D eigenvalue weighted by Gasteiger charge is 2.49. The molecular formula is C16H27N3O2. The van der Waals surface area contributed by atoms with Crippen LogP contribution in [0.25, 0.3) is 0 Å². The van der Waals surface area contributed by atoms with E-state index < -0.39 is 0 Å². The second kappa shape index (κ2) is 4.97. The smallest absolute Gasteiger partial charge is 0.312 e. The van der Waals surface area contributed by atoms with E-state index in [-0.39, 0.29) is 22.6 Å². The van der Waals surface area contributed by atoms with Crippen LogP contribution >= 0.6 is 0 Å². The Kier molecular flexibility index (Phi) is 3.51. The molecule has 2 amide bonds. The average molecular weight is 293 g/mol. The maximum Gasteiger partial charge on any atom is 0.312 e. The van der Waals surface area contributed by atoms with Crippen LogP contribution in [0, 0.1) is 16.7 Å². The third-order valence-corrected chi connectivity index (χ3v) is 6.07. The Morgan fingerprint density at radius 1 is 1.19 bits per heavy atom. The molecule has 0 aromatic rings. The fourth-order valence-corrected chi connectivity index (χ4v) is 4.07. The third kappa shape index (κ3) is 2.45. The Morgan fingerprint density at radius 3 is 2.52 bits per heavy atom. The summed E-state index contributed by atoms with van der Waals surface area (Å²) in [5, 5.41) is 3.39. The van der Waals surface area contributed by atoms with Crippen LogP contribution in [0.5, 0.6) is 0 Å². The van der Waals surface area contributed by atoms with E-state index in [2.05, 4.69) is 26.1 Å². The first kappa shape index (κ1) is 14.8. The van der Waals surface area contributed by atoms with Crippen LogP contribution in [0.3, 0.4) is 0 Å². The minimum absolute atomic E-state index is 0.152. The molecule has 5 heteroatoms. The van der Waals surface area contributed by atoms with Crippen LogP contribution in [0.4, 0.5) is 0 Å². The third-order valence-electron chi connectivity index (χ3n) is 6.07. The zero-order chi connectivity index (χ0) is 15.3. The molecule has 3 rings (SSSR count). The summed E-state index contributed by atoms with van der Waals surface area (Å²) in [7, 11) is 0. The van der Waals surface area contributed by atoms with Crippen molar-refractivity contribution in [3.63, 3.8) is 0 Å². The van der Waals surface area contributed by atoms with Gasteiger partial charge in [0.1, 0.15) is 0 Å². The van der Waals surface area contributed by atoms with Gasteiger partial charge >= 0.3 is 11.8 Å². The first-order valence-corrected chi connectivity index (χ1v) is 8.16. The predicted molar refractivity (Wildman–Crippen MR) is 80.6 cm³/mol. The minimum atomic E-state index is -0.288. The van der Waals surface area contributed by atoms with Gasteiger partial charge in [-0.2, -0.15) is 0 Å². The number of hydrogen-bond donors (Lipinski definition) is 1. The van der Waals surface area contributed by atoms with Gasteiger partial charge in [-0.25, -0.2) is 0 Å². The molecule has 0 spiro atoms. The number of fused-ring (bicyclic) bond motifs is 1. The topological polar surface area (TPSA) is 52.7 Å². The van der Waals surface area contributed by atoms with Crippen LogP contribution in [-0.4, -0.2) is 60.9 Å². The lowest BCUT2D eigenvalue weighted by atomic mass is 9.83. The van der Waals surface area contributed by atoms with Crippen molar-refractivity contribution in [1.82, 2.24) is 15.1 Å². The fraction of sp³-hybridized carbons (Fsp3) is 0.875. The summed E-state index contributed by atoms with van der Waals surface area (Å²) in [6, 6.07) is 0. The molecule has 118 valence electrons. The van der Waals surface area contributed by atoms with Gasteiger partial charge in [-0.1, -0.05) is 20.8 Å². The molecule has 3 atom stereocenters. The van der Waals surface area contributed by atoms with E-state index in [1.54, 1.807) is 9.80 Å². The van der Waals surface area contributed by atoms with Crippen LogP contribution in [0.15, 0.2) is 0 Å². The summed E-state index contributed by atoms with van der Waals surface area (Å²) in [5.41, 5.74) is 0.340. The van der Waals surface area contributed by atoms with Crippen molar-refractivity contribution in [3.05, 3.63) is 0 Å². The molecule has 3 aliphatic rings. The van der Waals surface area contributed by atoms with Crippen molar-refractivity contribution >= 4 is 11.8 Å². The van der Waals surface area contributed by atoms with Crippen molar-refractivity contribution < 1.29 is 9.59 Å². The molecule has 1 N–H and O–H groups in total. The van der Waals surface area contributed by atoms with Gasteiger partial charge in [0.05, 0.1) is 0 Å². The zero-order valence-electron chi connectivity index (χ0n) is 13.4. The number of nitrogens with zero attached hydrogens (tertiary/aromatic N) is 2. The maximum atomic E-state index is 12.5. The Labute approximate surface area is 127 Å². The molecule has 3 heterocycles. The summed E-state index contributed by atoms with van der Waals surface area (Å²) in [4.78, 5) is 28.6. The van der Waals surface area contributed by atoms with Crippen LogP contribution < -0.4 is 5.32 Å². The number of amides is 2. The van der Waals surface area contributed by atoms with Gasteiger partial charge in [0.2, 0.25) is 0 Å². The Morgan fingerprint density at radius 2 is 1.90 bits per heavy atom. The van der Waals surface area contributed by atoms with E-state index in [1.807, 2.05) is 0 Å². The number of likely N-dealkylation sites (tertiary alicyclic amines) is 2. The number of carbonyl (C=O) groups excluding carboxylic acids is 2. The maximum absolute atomic E-state index is 12.5. The van der Waals surface area contributed by atoms with E-state index in [0.717, 1.165) is 45.6 Å². The molecule has 1 unspecified atom stereocenters. The zero-order valence-corrected chi connectivity index (χ0v) is 13.4. The normalized spacial score (nSPS) is 38.9. The Balaban J connectivity index is 1.63. The number of carbonyl (C=O) groups is 2. The molecule has 0 aliphatic carbocycles. The minimum Gasteiger partial charge on any atom is -0.334 e. The van der Waals surface area contributed by atoms with Gasteiger partial charge in [-0.05, 0) is 24.2 Å². The summed E-state index contributed by atoms with van der Waals surface area (Å²) in [5.74, 6) is -0.0802. The fourth-order valence-electron chi connectivity index (χ4n) is 4.07. The lowest BCUT2D eigenvalue weighted by molar-refractivity contribution is -0.151. The Hall–Kier alpha value is -1.10. The van der Waals surface area contributed by atoms with Crippen molar-refractivity contribution in [2.24, 2.45) is 16.7 Å². The second-order valence-corrected chi connectivity index (χ2v) is 7.81. The molecular weight excluding hydrogens is 266 g/mol. The quantitative estimate of drug-likeness (QED) is 0.724. The van der Waals surface area contributed by atoms with Crippen LogP contribution in [0.1, 0.15) is 33.6 Å². The molecule has 3 fully saturated rings. The SMILES string of the molecule is CCC1(C)CCN(C(=O)C(=O)N2C[C@@H]3CNC[C@]3(C)C2)C1. The monoisotopic (exact) mass is 293 g/mol. The number of hydrogen-bond acceptors (Lipinski definition) is 3. The van der Waals surface area contributed by atoms with Crippen LogP contribution in [0.2, 0.25) is 0 Å². The molecule has 3 aliphatic heterocycles. The molecule has 0 aromatic carbocycles. The van der Waals surface area contributed by atoms with Gasteiger partial charge in [-0.3, -0.25) is 9.59 Å². The van der Waals surface area contributed by atoms with E-state index in [9.17, 15) is 9.59 Å². The standard InChI is InChI=1S/C16H27N3O2/c1-4-15(2)5-6-18(10-15)13(20)14(21)19-8-12-7-17-9-16(12,3)11-19/h12,17H,4-11H2,1-3H3/t12-,15?,16+/m0/s1. The van der Waals surface area contributed by atoms with Gasteiger partial charge in [0.25, 0.3) is 0 Å². The molecule has 0 radical (unpaired) electrons. The van der Waals surface area contributed by atoms with Gasteiger partial charge in [-0.15, -0.1) is 0 Å². The van der Waals surface area contributed by atoms with Crippen molar-refractivity contribution in [3.8, 4) is 0 Å².